The van der Waals surface area contributed by atoms with E-state index in [1.807, 2.05) is 0 Å². The van der Waals surface area contributed by atoms with E-state index in [0.717, 1.165) is 22.8 Å². The molecule has 2 aromatic carbocycles. The van der Waals surface area contributed by atoms with Gasteiger partial charge in [-0.1, -0.05) is 12.1 Å². The molecule has 0 fully saturated rings. The Balaban J connectivity index is 2.03. The molecule has 1 aliphatic heterocycles. The second-order valence-corrected chi connectivity index (χ2v) is 8.57. The van der Waals surface area contributed by atoms with E-state index in [0.29, 0.717) is 23.8 Å². The zero-order valence-electron chi connectivity index (χ0n) is 20.4. The van der Waals surface area contributed by atoms with Crippen LogP contribution in [0, 0.1) is 6.92 Å². The third kappa shape index (κ3) is 5.02. The zero-order chi connectivity index (χ0) is 27.1. The summed E-state index contributed by atoms with van der Waals surface area (Å²) in [7, 11) is 1.44. The van der Waals surface area contributed by atoms with Crippen LogP contribution in [0.5, 0.6) is 5.75 Å². The molecular weight excluding hydrogens is 501 g/mol. The van der Waals surface area contributed by atoms with Gasteiger partial charge < -0.3 is 14.2 Å². The molecule has 2 heterocycles. The van der Waals surface area contributed by atoms with Crippen molar-refractivity contribution < 1.29 is 41.0 Å². The van der Waals surface area contributed by atoms with Gasteiger partial charge in [-0.25, -0.2) is 0 Å². The van der Waals surface area contributed by atoms with Gasteiger partial charge in [0.2, 0.25) is 5.82 Å². The number of rotatable bonds is 6. The summed E-state index contributed by atoms with van der Waals surface area (Å²) in [4.78, 5) is 12.4. The van der Waals surface area contributed by atoms with Gasteiger partial charge in [0.15, 0.2) is 5.82 Å². The molecule has 2 atom stereocenters. The van der Waals surface area contributed by atoms with E-state index in [1.165, 1.54) is 7.11 Å². The molecular formula is C25H24F5N3O4. The van der Waals surface area contributed by atoms with E-state index in [-0.39, 0.29) is 23.7 Å². The lowest BCUT2D eigenvalue weighted by Gasteiger charge is -2.25. The first-order chi connectivity index (χ1) is 17.4. The molecule has 12 heteroatoms. The second kappa shape index (κ2) is 9.73. The van der Waals surface area contributed by atoms with Crippen molar-refractivity contribution in [3.63, 3.8) is 0 Å². The van der Waals surface area contributed by atoms with Crippen LogP contribution in [0.3, 0.4) is 0 Å². The molecule has 0 amide bonds. The summed E-state index contributed by atoms with van der Waals surface area (Å²) in [5.41, 5.74) is -0.0832. The van der Waals surface area contributed by atoms with Crippen LogP contribution in [0.1, 0.15) is 66.4 Å². The number of nitrogens with zero attached hydrogens (tertiary/aromatic N) is 3. The topological polar surface area (TPSA) is 75.5 Å². The van der Waals surface area contributed by atoms with Crippen LogP contribution in [-0.2, 0) is 26.4 Å². The van der Waals surface area contributed by atoms with Crippen LogP contribution in [0.2, 0.25) is 0 Å². The average molecular weight is 525 g/mol. The van der Waals surface area contributed by atoms with Crippen molar-refractivity contribution >= 4 is 5.97 Å². The number of esters is 1. The van der Waals surface area contributed by atoms with Crippen molar-refractivity contribution in [2.75, 3.05) is 13.7 Å². The highest BCUT2D eigenvalue weighted by atomic mass is 19.4. The minimum atomic E-state index is -4.72. The fraction of sp³-hybridized carbons (Fsp3) is 0.400. The van der Waals surface area contributed by atoms with Crippen LogP contribution in [0.4, 0.5) is 22.0 Å². The smallest absolute Gasteiger partial charge is 0.416 e. The number of fused-ring (bicyclic) bond motifs is 3. The summed E-state index contributed by atoms with van der Waals surface area (Å²) in [6, 6.07) is 7.67. The quantitative estimate of drug-likeness (QED) is 0.298. The van der Waals surface area contributed by atoms with Gasteiger partial charge in [-0.2, -0.15) is 22.0 Å². The Morgan fingerprint density at radius 1 is 1.11 bits per heavy atom. The highest BCUT2D eigenvalue weighted by molar-refractivity contribution is 5.70. The van der Waals surface area contributed by atoms with E-state index in [4.69, 9.17) is 14.2 Å². The molecule has 0 aliphatic carbocycles. The van der Waals surface area contributed by atoms with Crippen LogP contribution in [0.15, 0.2) is 36.4 Å². The highest BCUT2D eigenvalue weighted by Crippen LogP contribution is 2.46. The summed E-state index contributed by atoms with van der Waals surface area (Å²) in [6.45, 7) is 3.96. The summed E-state index contributed by atoms with van der Waals surface area (Å²) in [5.74, 6) is -4.72. The first-order valence-electron chi connectivity index (χ1n) is 11.4. The molecule has 0 saturated carbocycles. The third-order valence-corrected chi connectivity index (χ3v) is 6.03. The van der Waals surface area contributed by atoms with Gasteiger partial charge in [0.05, 0.1) is 31.4 Å². The largest absolute Gasteiger partial charge is 0.496 e. The molecule has 0 radical (unpaired) electrons. The van der Waals surface area contributed by atoms with Crippen LogP contribution in [-0.4, -0.2) is 34.5 Å². The number of alkyl halides is 5. The van der Waals surface area contributed by atoms with E-state index in [2.05, 4.69) is 10.2 Å². The molecule has 0 saturated heterocycles. The van der Waals surface area contributed by atoms with Crippen molar-refractivity contribution in [3.05, 3.63) is 70.3 Å². The SMILES string of the molecule is CCOC(=O)C[C@@H]1O[C@@H](c2cccc(OC)c2C)c2cc(C(F)(F)F)ccc2-n2c1nnc2C(C)(F)F. The van der Waals surface area contributed by atoms with E-state index in [9.17, 15) is 26.7 Å². The molecule has 7 nitrogen and oxygen atoms in total. The molecule has 37 heavy (non-hydrogen) atoms. The Hall–Kier alpha value is -3.54. The fourth-order valence-electron chi connectivity index (χ4n) is 4.36. The zero-order valence-corrected chi connectivity index (χ0v) is 20.4. The lowest BCUT2D eigenvalue weighted by Crippen LogP contribution is -2.19. The lowest BCUT2D eigenvalue weighted by molar-refractivity contribution is -0.147. The Kier molecular flexibility index (Phi) is 6.97. The number of carbonyl (C=O) groups excluding carboxylic acids is 1. The average Bonchev–Trinajstić information content (AvgIpc) is 3.22. The van der Waals surface area contributed by atoms with Gasteiger partial charge in [-0.05, 0) is 49.2 Å². The van der Waals surface area contributed by atoms with Crippen molar-refractivity contribution in [1.29, 1.82) is 0 Å². The number of halogens is 5. The predicted molar refractivity (Wildman–Crippen MR) is 121 cm³/mol. The molecule has 198 valence electrons. The standard InChI is InChI=1S/C25H24F5N3O4/c1-5-36-20(34)12-19-22-31-32-23(24(3,26)27)33(22)17-10-9-14(25(28,29)30)11-16(17)21(37-19)15-7-6-8-18(35-4)13(15)2/h6-11,19,21H,5,12H2,1-4H3/t19-,21-/m0/s1. The number of hydrogen-bond acceptors (Lipinski definition) is 6. The van der Waals surface area contributed by atoms with E-state index < -0.39 is 48.1 Å². The van der Waals surface area contributed by atoms with Crippen LogP contribution < -0.4 is 4.74 Å². The predicted octanol–water partition coefficient (Wildman–Crippen LogP) is 5.83. The first-order valence-corrected chi connectivity index (χ1v) is 11.4. The van der Waals surface area contributed by atoms with Gasteiger partial charge in [-0.15, -0.1) is 10.2 Å². The summed E-state index contributed by atoms with van der Waals surface area (Å²) < 4.78 is 88.1. The van der Waals surface area contributed by atoms with Crippen LogP contribution >= 0.6 is 0 Å². The lowest BCUT2D eigenvalue weighted by atomic mass is 9.94. The van der Waals surface area contributed by atoms with Gasteiger partial charge in [0.1, 0.15) is 18.0 Å². The Bertz CT molecular complexity index is 1320. The third-order valence-electron chi connectivity index (χ3n) is 6.03. The molecule has 1 aromatic heterocycles. The maximum absolute atomic E-state index is 14.6. The maximum Gasteiger partial charge on any atom is 0.416 e. The monoisotopic (exact) mass is 525 g/mol. The molecule has 0 unspecified atom stereocenters. The molecule has 3 aromatic rings. The maximum atomic E-state index is 14.6. The highest BCUT2D eigenvalue weighted by Gasteiger charge is 2.42. The van der Waals surface area contributed by atoms with Crippen molar-refractivity contribution in [2.45, 2.75) is 51.5 Å². The van der Waals surface area contributed by atoms with E-state index >= 15 is 0 Å². The number of benzene rings is 2. The van der Waals surface area contributed by atoms with Gasteiger partial charge in [0, 0.05) is 12.5 Å². The van der Waals surface area contributed by atoms with Gasteiger partial charge in [0.25, 0.3) is 0 Å². The first kappa shape index (κ1) is 26.5. The normalized spacial score (nSPS) is 17.5. The van der Waals surface area contributed by atoms with Crippen molar-refractivity contribution in [1.82, 2.24) is 14.8 Å². The number of hydrogen-bond donors (Lipinski definition) is 0. The van der Waals surface area contributed by atoms with E-state index in [1.54, 1.807) is 32.0 Å². The molecule has 0 N–H and O–H groups in total. The molecule has 1 aliphatic rings. The Labute approximate surface area is 209 Å². The van der Waals surface area contributed by atoms with Gasteiger partial charge >= 0.3 is 18.1 Å². The number of ether oxygens (including phenoxy) is 3. The fourth-order valence-corrected chi connectivity index (χ4v) is 4.36. The molecule has 4 rings (SSSR count). The van der Waals surface area contributed by atoms with Crippen molar-refractivity contribution in [2.24, 2.45) is 0 Å². The number of methoxy groups -OCH3 is 1. The van der Waals surface area contributed by atoms with Gasteiger partial charge in [-0.3, -0.25) is 9.36 Å². The minimum absolute atomic E-state index is 0.0249. The summed E-state index contributed by atoms with van der Waals surface area (Å²) in [6.07, 6.45) is -7.61. The minimum Gasteiger partial charge on any atom is -0.496 e. The number of aromatic nitrogens is 3. The number of carbonyl (C=O) groups is 1. The summed E-state index contributed by atoms with van der Waals surface area (Å²) in [5, 5.41) is 7.50. The molecule has 0 spiro atoms. The Morgan fingerprint density at radius 3 is 2.46 bits per heavy atom. The second-order valence-electron chi connectivity index (χ2n) is 8.57. The Morgan fingerprint density at radius 2 is 1.84 bits per heavy atom. The summed E-state index contributed by atoms with van der Waals surface area (Å²) >= 11 is 0. The molecule has 0 bridgehead atoms. The van der Waals surface area contributed by atoms with Crippen LogP contribution in [0.25, 0.3) is 5.69 Å². The van der Waals surface area contributed by atoms with Crippen molar-refractivity contribution in [3.8, 4) is 11.4 Å².